The summed E-state index contributed by atoms with van der Waals surface area (Å²) in [6, 6.07) is 9.27. The summed E-state index contributed by atoms with van der Waals surface area (Å²) in [5, 5.41) is 30.4. The van der Waals surface area contributed by atoms with Gasteiger partial charge in [-0.25, -0.2) is 13.4 Å². The van der Waals surface area contributed by atoms with Crippen molar-refractivity contribution in [2.24, 2.45) is 5.92 Å². The first kappa shape index (κ1) is 23.6. The first-order valence-corrected chi connectivity index (χ1v) is 13.0. The van der Waals surface area contributed by atoms with E-state index in [1.807, 2.05) is 17.0 Å². The lowest BCUT2D eigenvalue weighted by Gasteiger charge is -2.30. The second-order valence-corrected chi connectivity index (χ2v) is 10.9. The Kier molecular flexibility index (Phi) is 7.67. The number of hydrogen-bond donors (Lipinski definition) is 3. The van der Waals surface area contributed by atoms with Crippen molar-refractivity contribution in [3.05, 3.63) is 40.4 Å². The van der Waals surface area contributed by atoms with Gasteiger partial charge < -0.3 is 15.1 Å². The number of rotatable bonds is 8. The van der Waals surface area contributed by atoms with Crippen LogP contribution in [-0.2, 0) is 10.0 Å². The normalized spacial score (nSPS) is 20.2. The van der Waals surface area contributed by atoms with E-state index in [0.29, 0.717) is 22.1 Å². The van der Waals surface area contributed by atoms with Crippen LogP contribution in [0.3, 0.4) is 0 Å². The summed E-state index contributed by atoms with van der Waals surface area (Å²) < 4.78 is 25.2. The number of aromatic nitrogens is 1. The number of nitrogens with zero attached hydrogens (tertiary/aromatic N) is 3. The molecule has 168 valence electrons. The van der Waals surface area contributed by atoms with Crippen LogP contribution >= 0.6 is 11.3 Å². The Morgan fingerprint density at radius 2 is 2.00 bits per heavy atom. The third-order valence-electron chi connectivity index (χ3n) is 5.54. The molecule has 0 radical (unpaired) electrons. The predicted molar refractivity (Wildman–Crippen MR) is 121 cm³/mol. The molecule has 0 saturated heterocycles. The maximum absolute atomic E-state index is 11.5. The highest BCUT2D eigenvalue weighted by Crippen LogP contribution is 2.35. The summed E-state index contributed by atoms with van der Waals surface area (Å²) in [6.07, 6.45) is 4.01. The van der Waals surface area contributed by atoms with E-state index >= 15 is 0 Å². The average molecular weight is 465 g/mol. The van der Waals surface area contributed by atoms with Crippen molar-refractivity contribution < 1.29 is 18.6 Å². The van der Waals surface area contributed by atoms with Crippen LogP contribution in [0.5, 0.6) is 0 Å². The third kappa shape index (κ3) is 6.24. The van der Waals surface area contributed by atoms with Crippen LogP contribution < -0.4 is 9.62 Å². The van der Waals surface area contributed by atoms with Gasteiger partial charge in [-0.1, -0.05) is 12.8 Å². The van der Waals surface area contributed by atoms with Crippen molar-refractivity contribution >= 4 is 32.2 Å². The number of nitrogens with one attached hydrogen (secondary N) is 1. The maximum atomic E-state index is 11.5. The molecule has 8 nitrogen and oxygen atoms in total. The largest absolute Gasteiger partial charge is 0.393 e. The SMILES string of the molecule is Cc1sc(N(CC[C@@H]2CCCC[C@@H]2O)c2ccc(C#N)cc2)nc1C(O)NS(C)(=O)=O. The van der Waals surface area contributed by atoms with Crippen molar-refractivity contribution in [1.82, 2.24) is 9.71 Å². The van der Waals surface area contributed by atoms with E-state index in [2.05, 4.69) is 15.8 Å². The van der Waals surface area contributed by atoms with E-state index in [-0.39, 0.29) is 17.7 Å². The lowest BCUT2D eigenvalue weighted by molar-refractivity contribution is 0.0666. The minimum atomic E-state index is -3.60. The summed E-state index contributed by atoms with van der Waals surface area (Å²) in [7, 11) is -3.60. The molecule has 1 saturated carbocycles. The molecule has 3 atom stereocenters. The van der Waals surface area contributed by atoms with Crippen molar-refractivity contribution in [2.45, 2.75) is 51.4 Å². The summed E-state index contributed by atoms with van der Waals surface area (Å²) >= 11 is 1.36. The quantitative estimate of drug-likeness (QED) is 0.513. The zero-order valence-electron chi connectivity index (χ0n) is 17.7. The van der Waals surface area contributed by atoms with Crippen LogP contribution in [0, 0.1) is 24.2 Å². The van der Waals surface area contributed by atoms with Crippen LogP contribution in [0.15, 0.2) is 24.3 Å². The highest BCUT2D eigenvalue weighted by Gasteiger charge is 2.26. The molecule has 2 aromatic rings. The molecule has 0 aliphatic heterocycles. The Labute approximate surface area is 187 Å². The van der Waals surface area contributed by atoms with Crippen molar-refractivity contribution in [2.75, 3.05) is 17.7 Å². The van der Waals surface area contributed by atoms with Crippen LogP contribution in [0.2, 0.25) is 0 Å². The number of aliphatic hydroxyl groups excluding tert-OH is 2. The Hall–Kier alpha value is -2.03. The summed E-state index contributed by atoms with van der Waals surface area (Å²) in [5.74, 6) is 0.215. The van der Waals surface area contributed by atoms with Crippen molar-refractivity contribution in [3.63, 3.8) is 0 Å². The molecule has 1 aliphatic carbocycles. The first-order chi connectivity index (χ1) is 14.7. The van der Waals surface area contributed by atoms with Gasteiger partial charge in [-0.05, 0) is 56.4 Å². The topological polar surface area (TPSA) is 127 Å². The lowest BCUT2D eigenvalue weighted by Crippen LogP contribution is -2.29. The zero-order valence-corrected chi connectivity index (χ0v) is 19.3. The van der Waals surface area contributed by atoms with Crippen molar-refractivity contribution in [1.29, 1.82) is 5.26 Å². The average Bonchev–Trinajstić information content (AvgIpc) is 3.10. The van der Waals surface area contributed by atoms with Gasteiger partial charge in [-0.3, -0.25) is 0 Å². The zero-order chi connectivity index (χ0) is 22.6. The van der Waals surface area contributed by atoms with Gasteiger partial charge in [0.05, 0.1) is 24.0 Å². The predicted octanol–water partition coefficient (Wildman–Crippen LogP) is 2.94. The second kappa shape index (κ2) is 10.1. The van der Waals surface area contributed by atoms with Crippen LogP contribution in [0.4, 0.5) is 10.8 Å². The molecule has 1 aromatic carbocycles. The van der Waals surface area contributed by atoms with E-state index in [1.165, 1.54) is 11.3 Å². The fourth-order valence-corrected chi connectivity index (χ4v) is 5.40. The monoisotopic (exact) mass is 464 g/mol. The summed E-state index contributed by atoms with van der Waals surface area (Å²) in [6.45, 7) is 2.39. The minimum absolute atomic E-state index is 0.215. The van der Waals surface area contributed by atoms with E-state index in [9.17, 15) is 18.6 Å². The number of hydrogen-bond acceptors (Lipinski definition) is 8. The Morgan fingerprint density at radius 3 is 2.61 bits per heavy atom. The van der Waals surface area contributed by atoms with Crippen LogP contribution in [0.1, 0.15) is 54.5 Å². The van der Waals surface area contributed by atoms with Gasteiger partial charge in [0.1, 0.15) is 5.69 Å². The Balaban J connectivity index is 1.88. The molecule has 1 aromatic heterocycles. The smallest absolute Gasteiger partial charge is 0.211 e. The molecule has 0 amide bonds. The molecule has 31 heavy (non-hydrogen) atoms. The molecule has 1 heterocycles. The molecular formula is C21H28N4O4S2. The van der Waals surface area contributed by atoms with Crippen LogP contribution in [0.25, 0.3) is 0 Å². The van der Waals surface area contributed by atoms with Gasteiger partial charge in [-0.15, -0.1) is 11.3 Å². The molecule has 1 fully saturated rings. The van der Waals surface area contributed by atoms with Crippen molar-refractivity contribution in [3.8, 4) is 6.07 Å². The van der Waals surface area contributed by atoms with Gasteiger partial charge in [0.2, 0.25) is 10.0 Å². The van der Waals surface area contributed by atoms with Gasteiger partial charge >= 0.3 is 0 Å². The van der Waals surface area contributed by atoms with Gasteiger partial charge in [0, 0.05) is 17.1 Å². The van der Waals surface area contributed by atoms with E-state index in [1.54, 1.807) is 19.1 Å². The fourth-order valence-electron chi connectivity index (χ4n) is 3.89. The van der Waals surface area contributed by atoms with Gasteiger partial charge in [0.15, 0.2) is 11.4 Å². The van der Waals surface area contributed by atoms with Gasteiger partial charge in [0.25, 0.3) is 0 Å². The van der Waals surface area contributed by atoms with E-state index in [0.717, 1.165) is 44.0 Å². The molecule has 3 rings (SSSR count). The molecule has 0 bridgehead atoms. The third-order valence-corrected chi connectivity index (χ3v) is 7.20. The lowest BCUT2D eigenvalue weighted by atomic mass is 9.84. The molecule has 10 heteroatoms. The highest BCUT2D eigenvalue weighted by atomic mass is 32.2. The number of aryl methyl sites for hydroxylation is 1. The first-order valence-electron chi connectivity index (χ1n) is 10.3. The maximum Gasteiger partial charge on any atom is 0.211 e. The summed E-state index contributed by atoms with van der Waals surface area (Å²) in [4.78, 5) is 7.24. The minimum Gasteiger partial charge on any atom is -0.393 e. The number of thiazole rings is 1. The molecule has 1 unspecified atom stereocenters. The second-order valence-electron chi connectivity index (χ2n) is 7.94. The van der Waals surface area contributed by atoms with E-state index in [4.69, 9.17) is 5.26 Å². The molecule has 0 spiro atoms. The fraction of sp³-hybridized carbons (Fsp3) is 0.524. The van der Waals surface area contributed by atoms with Crippen LogP contribution in [-0.4, -0.2) is 42.5 Å². The number of benzene rings is 1. The number of aliphatic hydroxyl groups is 2. The summed E-state index contributed by atoms with van der Waals surface area (Å²) in [5.41, 5.74) is 1.66. The molecule has 1 aliphatic rings. The number of nitriles is 1. The number of anilines is 2. The molecular weight excluding hydrogens is 436 g/mol. The highest BCUT2D eigenvalue weighted by molar-refractivity contribution is 7.88. The van der Waals surface area contributed by atoms with E-state index < -0.39 is 16.3 Å². The Morgan fingerprint density at radius 1 is 1.32 bits per heavy atom. The standard InChI is InChI=1S/C21H28N4O4S2/c1-14-19(20(27)24-31(2,28)29)23-21(30-14)25(17-9-7-15(13-22)8-10-17)12-11-16-5-3-4-6-18(16)26/h7-10,16,18,20,24,26-27H,3-6,11-12H2,1-2H3/t16-,18-,20?/m0/s1. The number of sulfonamides is 1. The van der Waals surface area contributed by atoms with Gasteiger partial charge in [-0.2, -0.15) is 9.98 Å². The molecule has 3 N–H and O–H groups in total. The Bertz CT molecular complexity index is 1030.